The predicted octanol–water partition coefficient (Wildman–Crippen LogP) is 3.68. The second-order valence-corrected chi connectivity index (χ2v) is 3.79. The van der Waals surface area contributed by atoms with Crippen LogP contribution in [-0.2, 0) is 6.18 Å². The van der Waals surface area contributed by atoms with Crippen molar-refractivity contribution in [3.05, 3.63) is 37.8 Å². The minimum absolute atomic E-state index is 0.177. The average Bonchev–Trinajstić information content (AvgIpc) is 1.99. The zero-order valence-corrected chi connectivity index (χ0v) is 9.02. The van der Waals surface area contributed by atoms with Gasteiger partial charge in [0.15, 0.2) is 0 Å². The minimum atomic E-state index is -4.72. The first kappa shape index (κ1) is 12.0. The van der Waals surface area contributed by atoms with Gasteiger partial charge in [-0.3, -0.25) is 10.1 Å². The van der Waals surface area contributed by atoms with Crippen LogP contribution < -0.4 is 0 Å². The summed E-state index contributed by atoms with van der Waals surface area (Å²) < 4.78 is 37.7. The minimum Gasteiger partial charge on any atom is -0.258 e. The molecule has 3 nitrogen and oxygen atoms in total. The van der Waals surface area contributed by atoms with Crippen LogP contribution in [0, 0.1) is 17.0 Å². The van der Waals surface area contributed by atoms with Gasteiger partial charge in [0, 0.05) is 10.5 Å². The molecule has 0 bridgehead atoms. The second-order valence-electron chi connectivity index (χ2n) is 2.87. The Balaban J connectivity index is 3.55. The predicted molar refractivity (Wildman–Crippen MR) is 50.5 cm³/mol. The van der Waals surface area contributed by atoms with Crippen molar-refractivity contribution in [2.75, 3.05) is 0 Å². The average molecular weight is 284 g/mol. The lowest BCUT2D eigenvalue weighted by molar-refractivity contribution is -0.388. The van der Waals surface area contributed by atoms with E-state index >= 15 is 0 Å². The molecule has 0 aliphatic rings. The highest BCUT2D eigenvalue weighted by molar-refractivity contribution is 9.10. The maximum absolute atomic E-state index is 12.5. The van der Waals surface area contributed by atoms with Crippen LogP contribution >= 0.6 is 15.9 Å². The monoisotopic (exact) mass is 283 g/mol. The second kappa shape index (κ2) is 3.80. The third-order valence-electron chi connectivity index (χ3n) is 1.76. The van der Waals surface area contributed by atoms with Crippen molar-refractivity contribution in [1.29, 1.82) is 0 Å². The van der Waals surface area contributed by atoms with Gasteiger partial charge in [-0.1, -0.05) is 15.9 Å². The van der Waals surface area contributed by atoms with E-state index in [1.165, 1.54) is 13.0 Å². The molecule has 0 radical (unpaired) electrons. The molecule has 1 rings (SSSR count). The molecular weight excluding hydrogens is 279 g/mol. The molecule has 0 spiro atoms. The number of rotatable bonds is 1. The molecule has 7 heteroatoms. The summed E-state index contributed by atoms with van der Waals surface area (Å²) in [5.74, 6) is 0. The van der Waals surface area contributed by atoms with E-state index in [4.69, 9.17) is 0 Å². The van der Waals surface area contributed by atoms with Crippen LogP contribution in [-0.4, -0.2) is 4.92 Å². The van der Waals surface area contributed by atoms with Gasteiger partial charge in [-0.05, 0) is 18.6 Å². The third kappa shape index (κ3) is 2.47. The van der Waals surface area contributed by atoms with Crippen molar-refractivity contribution >= 4 is 21.6 Å². The molecule has 0 fully saturated rings. The van der Waals surface area contributed by atoms with E-state index in [0.29, 0.717) is 0 Å². The van der Waals surface area contributed by atoms with E-state index in [1.54, 1.807) is 0 Å². The highest BCUT2D eigenvalue weighted by Gasteiger charge is 2.40. The zero-order valence-electron chi connectivity index (χ0n) is 7.43. The number of nitrogens with zero attached hydrogens (tertiary/aromatic N) is 1. The molecule has 0 atom stereocenters. The summed E-state index contributed by atoms with van der Waals surface area (Å²) in [6.07, 6.45) is -4.72. The number of nitro groups is 1. The van der Waals surface area contributed by atoms with E-state index in [-0.39, 0.29) is 10.0 Å². The van der Waals surface area contributed by atoms with E-state index in [9.17, 15) is 23.3 Å². The Labute approximate surface area is 91.2 Å². The summed E-state index contributed by atoms with van der Waals surface area (Å²) in [5, 5.41) is 10.5. The molecule has 0 unspecified atom stereocenters. The number of benzene rings is 1. The van der Waals surface area contributed by atoms with E-state index in [0.717, 1.165) is 6.07 Å². The number of hydrogen-bond donors (Lipinski definition) is 0. The number of aryl methyl sites for hydroxylation is 1. The lowest BCUT2D eigenvalue weighted by atomic mass is 10.1. The summed E-state index contributed by atoms with van der Waals surface area (Å²) in [5.41, 5.74) is -2.31. The maximum Gasteiger partial charge on any atom is 0.423 e. The standard InChI is InChI=1S/C8H5BrF3NO2/c1-4-2-5(9)3-6(13(14)15)7(4)8(10,11)12/h2-3H,1H3. The van der Waals surface area contributed by atoms with Crippen LogP contribution in [0.1, 0.15) is 11.1 Å². The van der Waals surface area contributed by atoms with Crippen LogP contribution in [0.3, 0.4) is 0 Å². The van der Waals surface area contributed by atoms with Crippen LogP contribution in [0.15, 0.2) is 16.6 Å². The molecule has 82 valence electrons. The van der Waals surface area contributed by atoms with Crippen molar-refractivity contribution in [2.24, 2.45) is 0 Å². The van der Waals surface area contributed by atoms with Gasteiger partial charge in [-0.2, -0.15) is 13.2 Å². The highest BCUT2D eigenvalue weighted by Crippen LogP contribution is 2.39. The zero-order chi connectivity index (χ0) is 11.8. The Bertz CT molecular complexity index is 417. The topological polar surface area (TPSA) is 43.1 Å². The lowest BCUT2D eigenvalue weighted by Gasteiger charge is -2.10. The molecule has 1 aromatic rings. The van der Waals surface area contributed by atoms with Gasteiger partial charge in [0.05, 0.1) is 4.92 Å². The van der Waals surface area contributed by atoms with Crippen LogP contribution in [0.25, 0.3) is 0 Å². The van der Waals surface area contributed by atoms with Crippen molar-refractivity contribution in [2.45, 2.75) is 13.1 Å². The molecule has 0 saturated carbocycles. The molecule has 15 heavy (non-hydrogen) atoms. The van der Waals surface area contributed by atoms with Gasteiger partial charge in [0.2, 0.25) is 0 Å². The van der Waals surface area contributed by atoms with Crippen LogP contribution in [0.2, 0.25) is 0 Å². The van der Waals surface area contributed by atoms with Crippen LogP contribution in [0.5, 0.6) is 0 Å². The van der Waals surface area contributed by atoms with E-state index in [1.807, 2.05) is 0 Å². The fraction of sp³-hybridized carbons (Fsp3) is 0.250. The highest BCUT2D eigenvalue weighted by atomic mass is 79.9. The first-order valence-corrected chi connectivity index (χ1v) is 4.54. The van der Waals surface area contributed by atoms with E-state index in [2.05, 4.69) is 15.9 Å². The quantitative estimate of drug-likeness (QED) is 0.583. The molecule has 0 amide bonds. The number of hydrogen-bond acceptors (Lipinski definition) is 2. The molecule has 0 aliphatic carbocycles. The smallest absolute Gasteiger partial charge is 0.258 e. The van der Waals surface area contributed by atoms with Crippen LogP contribution in [0.4, 0.5) is 18.9 Å². The van der Waals surface area contributed by atoms with Gasteiger partial charge in [-0.15, -0.1) is 0 Å². The molecule has 0 heterocycles. The molecule has 1 aromatic carbocycles. The third-order valence-corrected chi connectivity index (χ3v) is 2.22. The Morgan fingerprint density at radius 3 is 2.33 bits per heavy atom. The Morgan fingerprint density at radius 2 is 1.93 bits per heavy atom. The Kier molecular flexibility index (Phi) is 3.03. The van der Waals surface area contributed by atoms with Crippen molar-refractivity contribution in [1.82, 2.24) is 0 Å². The largest absolute Gasteiger partial charge is 0.423 e. The molecule has 0 N–H and O–H groups in total. The fourth-order valence-electron chi connectivity index (χ4n) is 1.24. The fourth-order valence-corrected chi connectivity index (χ4v) is 1.80. The van der Waals surface area contributed by atoms with Gasteiger partial charge in [0.25, 0.3) is 5.69 Å². The van der Waals surface area contributed by atoms with E-state index < -0.39 is 22.4 Å². The molecule has 0 aliphatic heterocycles. The maximum atomic E-state index is 12.5. The molecule has 0 saturated heterocycles. The number of alkyl halides is 3. The lowest BCUT2D eigenvalue weighted by Crippen LogP contribution is -2.11. The number of nitro benzene ring substituents is 1. The Hall–Kier alpha value is -1.11. The first-order valence-electron chi connectivity index (χ1n) is 3.75. The summed E-state index contributed by atoms with van der Waals surface area (Å²) in [6.45, 7) is 1.18. The van der Waals surface area contributed by atoms with Crippen molar-refractivity contribution in [3.63, 3.8) is 0 Å². The summed E-state index contributed by atoms with van der Waals surface area (Å²) in [6, 6.07) is 2.03. The normalized spacial score (nSPS) is 11.5. The van der Waals surface area contributed by atoms with Crippen molar-refractivity contribution < 1.29 is 18.1 Å². The van der Waals surface area contributed by atoms with Gasteiger partial charge in [0.1, 0.15) is 5.56 Å². The SMILES string of the molecule is Cc1cc(Br)cc([N+](=O)[O-])c1C(F)(F)F. The molecular formula is C8H5BrF3NO2. The van der Waals surface area contributed by atoms with Gasteiger partial charge >= 0.3 is 6.18 Å². The summed E-state index contributed by atoms with van der Waals surface area (Å²) in [7, 11) is 0. The summed E-state index contributed by atoms with van der Waals surface area (Å²) >= 11 is 2.91. The first-order chi connectivity index (χ1) is 6.73. The summed E-state index contributed by atoms with van der Waals surface area (Å²) in [4.78, 5) is 9.42. The molecule has 0 aromatic heterocycles. The number of halogens is 4. The van der Waals surface area contributed by atoms with Gasteiger partial charge in [-0.25, -0.2) is 0 Å². The Morgan fingerprint density at radius 1 is 1.40 bits per heavy atom. The van der Waals surface area contributed by atoms with Gasteiger partial charge < -0.3 is 0 Å². The van der Waals surface area contributed by atoms with Crippen molar-refractivity contribution in [3.8, 4) is 0 Å².